The average Bonchev–Trinajstić information content (AvgIpc) is 3.34. The molecule has 9 nitrogen and oxygen atoms in total. The van der Waals surface area contributed by atoms with Crippen LogP contribution in [0.4, 0.5) is 11.5 Å². The van der Waals surface area contributed by atoms with Gasteiger partial charge in [-0.05, 0) is 50.4 Å². The fraction of sp³-hybridized carbons (Fsp3) is 0.448. The van der Waals surface area contributed by atoms with Crippen LogP contribution in [-0.4, -0.2) is 92.5 Å². The molecule has 1 aromatic heterocycles. The number of hydrogen-bond acceptors (Lipinski definition) is 7. The van der Waals surface area contributed by atoms with E-state index in [1.165, 1.54) is 12.8 Å². The lowest BCUT2D eigenvalue weighted by atomic mass is 10.0. The van der Waals surface area contributed by atoms with Gasteiger partial charge in [-0.3, -0.25) is 4.79 Å². The molecular weight excluding hydrogens is 514 g/mol. The highest BCUT2D eigenvalue weighted by Gasteiger charge is 2.28. The lowest BCUT2D eigenvalue weighted by molar-refractivity contribution is -0.116. The van der Waals surface area contributed by atoms with Crippen LogP contribution in [-0.2, 0) is 17.8 Å². The van der Waals surface area contributed by atoms with Crippen molar-refractivity contribution in [2.45, 2.75) is 31.8 Å². The summed E-state index contributed by atoms with van der Waals surface area (Å²) in [6.07, 6.45) is 4.52. The standard InChI is InChI=1S/C29H36ClN7O2/c1-34(2)19-31-26(38)17-36(4)28-22-13-15-37(25-12-6-9-20-8-5-11-23(30)27(20)25)16-24(22)32-29(33-28)39-18-21-10-7-14-35(21)3/h5-6,8-9,11-12,19,21H,7,10,13-18H2,1-4H3/t21-/m0/s1. The third-order valence-electron chi connectivity index (χ3n) is 7.44. The molecule has 1 fully saturated rings. The first-order valence-electron chi connectivity index (χ1n) is 13.4. The lowest BCUT2D eigenvalue weighted by Gasteiger charge is -2.33. The second-order valence-corrected chi connectivity index (χ2v) is 11.0. The summed E-state index contributed by atoms with van der Waals surface area (Å²) in [4.78, 5) is 34.5. The van der Waals surface area contributed by atoms with Gasteiger partial charge in [0, 0.05) is 50.4 Å². The van der Waals surface area contributed by atoms with E-state index in [4.69, 9.17) is 26.3 Å². The van der Waals surface area contributed by atoms with E-state index in [0.29, 0.717) is 25.2 Å². The van der Waals surface area contributed by atoms with Gasteiger partial charge >= 0.3 is 6.01 Å². The Labute approximate surface area is 235 Å². The number of aromatic nitrogens is 2. The first-order chi connectivity index (χ1) is 18.8. The van der Waals surface area contributed by atoms with E-state index in [0.717, 1.165) is 64.5 Å². The van der Waals surface area contributed by atoms with Gasteiger partial charge in [0.1, 0.15) is 19.0 Å². The van der Waals surface area contributed by atoms with Crippen molar-refractivity contribution in [3.05, 3.63) is 52.7 Å². The lowest BCUT2D eigenvalue weighted by Crippen LogP contribution is -2.35. The molecule has 3 aromatic rings. The van der Waals surface area contributed by atoms with Crippen molar-refractivity contribution in [2.75, 3.05) is 64.2 Å². The summed E-state index contributed by atoms with van der Waals surface area (Å²) >= 11 is 6.65. The Balaban J connectivity index is 1.46. The number of halogens is 1. The molecule has 0 radical (unpaired) electrons. The molecule has 0 bridgehead atoms. The normalized spacial score (nSPS) is 17.6. The SMILES string of the molecule is CN(C)C=NC(=O)CN(C)c1nc(OC[C@@H]2CCCN2C)nc2c1CCN(c1cccc3cccc(Cl)c13)C2. The number of carbonyl (C=O) groups is 1. The summed E-state index contributed by atoms with van der Waals surface area (Å²) in [5.74, 6) is 0.482. The first-order valence-corrected chi connectivity index (χ1v) is 13.8. The molecule has 206 valence electrons. The molecule has 3 heterocycles. The molecule has 2 aliphatic rings. The molecule has 1 amide bonds. The number of hydrogen-bond donors (Lipinski definition) is 0. The van der Waals surface area contributed by atoms with Gasteiger partial charge in [-0.1, -0.05) is 35.9 Å². The predicted molar refractivity (Wildman–Crippen MR) is 157 cm³/mol. The molecule has 1 atom stereocenters. The molecule has 0 aliphatic carbocycles. The van der Waals surface area contributed by atoms with E-state index < -0.39 is 0 Å². The van der Waals surface area contributed by atoms with Gasteiger partial charge in [0.15, 0.2) is 0 Å². The Kier molecular flexibility index (Phi) is 8.18. The summed E-state index contributed by atoms with van der Waals surface area (Å²) in [6, 6.07) is 12.9. The quantitative estimate of drug-likeness (QED) is 0.309. The van der Waals surface area contributed by atoms with Crippen molar-refractivity contribution < 1.29 is 9.53 Å². The minimum atomic E-state index is -0.239. The molecule has 10 heteroatoms. The second-order valence-electron chi connectivity index (χ2n) is 10.6. The molecule has 0 N–H and O–H groups in total. The zero-order valence-electron chi connectivity index (χ0n) is 23.1. The molecule has 39 heavy (non-hydrogen) atoms. The summed E-state index contributed by atoms with van der Waals surface area (Å²) in [7, 11) is 7.67. The number of carbonyl (C=O) groups excluding carboxylic acids is 1. The van der Waals surface area contributed by atoms with Crippen molar-refractivity contribution in [3.63, 3.8) is 0 Å². The van der Waals surface area contributed by atoms with Gasteiger partial charge in [-0.25, -0.2) is 4.99 Å². The number of anilines is 2. The van der Waals surface area contributed by atoms with Gasteiger partial charge in [0.25, 0.3) is 5.91 Å². The summed E-state index contributed by atoms with van der Waals surface area (Å²) in [5.41, 5.74) is 3.02. The highest BCUT2D eigenvalue weighted by molar-refractivity contribution is 6.36. The monoisotopic (exact) mass is 549 g/mol. The number of benzene rings is 2. The fourth-order valence-electron chi connectivity index (χ4n) is 5.37. The minimum Gasteiger partial charge on any atom is -0.462 e. The molecule has 0 spiro atoms. The number of fused-ring (bicyclic) bond motifs is 2. The Morgan fingerprint density at radius 2 is 1.97 bits per heavy atom. The Hall–Kier alpha value is -3.43. The van der Waals surface area contributed by atoms with E-state index in [1.807, 2.05) is 38.2 Å². The van der Waals surface area contributed by atoms with Crippen LogP contribution in [0.3, 0.4) is 0 Å². The molecular formula is C29H36ClN7O2. The van der Waals surface area contributed by atoms with E-state index in [2.05, 4.69) is 46.1 Å². The molecule has 5 rings (SSSR count). The molecule has 0 saturated carbocycles. The molecule has 1 saturated heterocycles. The number of likely N-dealkylation sites (tertiary alicyclic amines) is 1. The van der Waals surface area contributed by atoms with Crippen LogP contribution >= 0.6 is 11.6 Å². The number of ether oxygens (including phenoxy) is 1. The zero-order valence-corrected chi connectivity index (χ0v) is 23.9. The topological polar surface area (TPSA) is 77.4 Å². The maximum Gasteiger partial charge on any atom is 0.318 e. The van der Waals surface area contributed by atoms with Crippen LogP contribution in [0.15, 0.2) is 41.4 Å². The van der Waals surface area contributed by atoms with Crippen LogP contribution in [0.25, 0.3) is 10.8 Å². The Morgan fingerprint density at radius 1 is 1.18 bits per heavy atom. The van der Waals surface area contributed by atoms with Gasteiger partial charge in [-0.15, -0.1) is 0 Å². The molecule has 0 unspecified atom stereocenters. The third kappa shape index (κ3) is 6.09. The maximum atomic E-state index is 12.5. The van der Waals surface area contributed by atoms with Gasteiger partial charge in [0.2, 0.25) is 0 Å². The fourth-order valence-corrected chi connectivity index (χ4v) is 5.65. The van der Waals surface area contributed by atoms with Crippen LogP contribution in [0, 0.1) is 0 Å². The largest absolute Gasteiger partial charge is 0.462 e. The summed E-state index contributed by atoms with van der Waals surface area (Å²) in [6.45, 7) is 3.09. The number of aliphatic imine (C=N–C) groups is 1. The maximum absolute atomic E-state index is 12.5. The first kappa shape index (κ1) is 27.1. The number of likely N-dealkylation sites (N-methyl/N-ethyl adjacent to an activating group) is 2. The van der Waals surface area contributed by atoms with E-state index in [9.17, 15) is 4.79 Å². The highest BCUT2D eigenvalue weighted by Crippen LogP contribution is 2.36. The van der Waals surface area contributed by atoms with Crippen molar-refractivity contribution in [1.82, 2.24) is 19.8 Å². The molecule has 2 aliphatic heterocycles. The third-order valence-corrected chi connectivity index (χ3v) is 7.75. The second kappa shape index (κ2) is 11.8. The van der Waals surface area contributed by atoms with Crippen LogP contribution in [0.2, 0.25) is 5.02 Å². The highest BCUT2D eigenvalue weighted by atomic mass is 35.5. The van der Waals surface area contributed by atoms with Crippen LogP contribution in [0.1, 0.15) is 24.1 Å². The van der Waals surface area contributed by atoms with Gasteiger partial charge in [0.05, 0.1) is 23.6 Å². The van der Waals surface area contributed by atoms with Crippen LogP contribution < -0.4 is 14.5 Å². The van der Waals surface area contributed by atoms with E-state index >= 15 is 0 Å². The van der Waals surface area contributed by atoms with Crippen molar-refractivity contribution in [3.8, 4) is 6.01 Å². The number of rotatable bonds is 8. The van der Waals surface area contributed by atoms with E-state index in [-0.39, 0.29) is 12.5 Å². The van der Waals surface area contributed by atoms with Crippen molar-refractivity contribution >= 4 is 46.1 Å². The number of amides is 1. The zero-order chi connectivity index (χ0) is 27.5. The summed E-state index contributed by atoms with van der Waals surface area (Å²) in [5, 5.41) is 2.88. The van der Waals surface area contributed by atoms with Crippen molar-refractivity contribution in [2.24, 2.45) is 4.99 Å². The number of nitrogens with zero attached hydrogens (tertiary/aromatic N) is 7. The summed E-state index contributed by atoms with van der Waals surface area (Å²) < 4.78 is 6.18. The van der Waals surface area contributed by atoms with Crippen LogP contribution in [0.5, 0.6) is 6.01 Å². The van der Waals surface area contributed by atoms with Gasteiger partial charge in [-0.2, -0.15) is 9.97 Å². The van der Waals surface area contributed by atoms with Gasteiger partial charge < -0.3 is 24.3 Å². The van der Waals surface area contributed by atoms with E-state index in [1.54, 1.807) is 4.90 Å². The minimum absolute atomic E-state index is 0.112. The Morgan fingerprint density at radius 3 is 2.72 bits per heavy atom. The van der Waals surface area contributed by atoms with Crippen molar-refractivity contribution in [1.29, 1.82) is 0 Å². The predicted octanol–water partition coefficient (Wildman–Crippen LogP) is 3.87. The smallest absolute Gasteiger partial charge is 0.318 e. The average molecular weight is 550 g/mol. The molecule has 2 aromatic carbocycles. The Bertz CT molecular complexity index is 1370.